The molecule has 0 amide bonds. The lowest BCUT2D eigenvalue weighted by molar-refractivity contribution is -0.314. The summed E-state index contributed by atoms with van der Waals surface area (Å²) in [6.45, 7) is 2.70. The predicted molar refractivity (Wildman–Crippen MR) is 110 cm³/mol. The number of rotatable bonds is 5. The van der Waals surface area contributed by atoms with Gasteiger partial charge < -0.3 is 34.6 Å². The molecule has 0 aromatic carbocycles. The molecule has 6 saturated carbocycles. The summed E-state index contributed by atoms with van der Waals surface area (Å²) in [5.41, 5.74) is -4.19. The number of hydrogen-bond donors (Lipinski definition) is 4. The normalized spacial score (nSPS) is 65.4. The van der Waals surface area contributed by atoms with E-state index < -0.39 is 40.2 Å². The van der Waals surface area contributed by atoms with Crippen molar-refractivity contribution in [3.8, 4) is 0 Å². The van der Waals surface area contributed by atoms with E-state index in [1.807, 2.05) is 0 Å². The van der Waals surface area contributed by atoms with Crippen LogP contribution >= 0.6 is 0 Å². The van der Waals surface area contributed by atoms with Crippen molar-refractivity contribution in [1.82, 2.24) is 0 Å². The molecule has 176 valence electrons. The van der Waals surface area contributed by atoms with Gasteiger partial charge in [0.2, 0.25) is 0 Å². The average Bonchev–Trinajstić information content (AvgIpc) is 3.21. The molecule has 0 radical (unpaired) electrons. The molecule has 0 aromatic heterocycles. The van der Waals surface area contributed by atoms with Crippen molar-refractivity contribution in [2.45, 2.75) is 81.1 Å². The smallest absolute Gasteiger partial charge is 0.0822 e. The minimum Gasteiger partial charge on any atom is -0.392 e. The maximum Gasteiger partial charge on any atom is 0.0822 e. The first-order valence-corrected chi connectivity index (χ1v) is 12.0. The molecule has 0 heterocycles. The Bertz CT molecular complexity index is 792. The highest BCUT2D eigenvalue weighted by Gasteiger charge is 2.95. The van der Waals surface area contributed by atoms with Crippen LogP contribution in [0.2, 0.25) is 0 Å². The molecular weight excluding hydrogens is 400 g/mol. The number of aliphatic hydroxyl groups excluding tert-OH is 2. The fourth-order valence-corrected chi connectivity index (χ4v) is 11.6. The van der Waals surface area contributed by atoms with E-state index in [0.29, 0.717) is 25.9 Å². The maximum atomic E-state index is 12.7. The Balaban J connectivity index is 1.68. The van der Waals surface area contributed by atoms with Gasteiger partial charge in [0.1, 0.15) is 0 Å². The summed E-state index contributed by atoms with van der Waals surface area (Å²) in [6.07, 6.45) is 1.54. The van der Waals surface area contributed by atoms with Gasteiger partial charge in [0.05, 0.1) is 42.2 Å². The van der Waals surface area contributed by atoms with Crippen LogP contribution in [0.25, 0.3) is 0 Å². The molecule has 13 atom stereocenters. The third kappa shape index (κ3) is 1.80. The minimum absolute atomic E-state index is 0.120. The second-order valence-electron chi connectivity index (χ2n) is 11.8. The molecule has 7 nitrogen and oxygen atoms in total. The van der Waals surface area contributed by atoms with Gasteiger partial charge in [0.15, 0.2) is 0 Å². The molecule has 7 heteroatoms. The molecule has 31 heavy (non-hydrogen) atoms. The summed E-state index contributed by atoms with van der Waals surface area (Å²) in [4.78, 5) is 0. The topological polar surface area (TPSA) is 109 Å². The van der Waals surface area contributed by atoms with Crippen molar-refractivity contribution in [2.24, 2.45) is 39.9 Å². The number of fused-ring (bicyclic) bond motifs is 2. The number of hydrogen-bond acceptors (Lipinski definition) is 7. The fourth-order valence-electron chi connectivity index (χ4n) is 11.6. The standard InChI is InChI=1S/C24H38O7/c1-5-21-10-20(11-29-2)7-6-14(25)24(21)18(20)16(31-4)19(21)22(27)9-13(30-3)12-8-23(24,28)17(22)15(12)26/h12-19,25-28H,5-11H2,1-4H3. The Morgan fingerprint density at radius 3 is 2.32 bits per heavy atom. The molecule has 1 spiro atoms. The summed E-state index contributed by atoms with van der Waals surface area (Å²) in [5.74, 6) is -1.33. The molecule has 4 N–H and O–H groups in total. The SMILES string of the molecule is CCC12CC3(COC)CCC(O)C14C3C(OC)C2C1(O)CC(OC)C2CC4(O)C1C2O. The number of aliphatic hydroxyl groups is 4. The maximum absolute atomic E-state index is 12.7. The molecule has 6 fully saturated rings. The highest BCUT2D eigenvalue weighted by molar-refractivity contribution is 5.43. The second-order valence-corrected chi connectivity index (χ2v) is 11.8. The van der Waals surface area contributed by atoms with Crippen LogP contribution in [0.1, 0.15) is 45.4 Å². The molecule has 13 unspecified atom stereocenters. The van der Waals surface area contributed by atoms with Gasteiger partial charge in [-0.15, -0.1) is 0 Å². The minimum atomic E-state index is -1.38. The molecule has 6 aliphatic rings. The van der Waals surface area contributed by atoms with Crippen LogP contribution in [0, 0.1) is 39.9 Å². The van der Waals surface area contributed by atoms with Gasteiger partial charge in [0, 0.05) is 62.3 Å². The molecule has 0 aromatic rings. The van der Waals surface area contributed by atoms with E-state index in [1.165, 1.54) is 0 Å². The lowest BCUT2D eigenvalue weighted by Gasteiger charge is -2.66. The summed E-state index contributed by atoms with van der Waals surface area (Å²) in [7, 11) is 5.04. The lowest BCUT2D eigenvalue weighted by atomic mass is 9.41. The summed E-state index contributed by atoms with van der Waals surface area (Å²) >= 11 is 0. The third-order valence-corrected chi connectivity index (χ3v) is 11.6. The summed E-state index contributed by atoms with van der Waals surface area (Å²) in [5, 5.41) is 48.4. The predicted octanol–water partition coefficient (Wildman–Crippen LogP) is 0.713. The van der Waals surface area contributed by atoms with E-state index in [1.54, 1.807) is 21.3 Å². The molecule has 7 bridgehead atoms. The average molecular weight is 439 g/mol. The molecule has 6 aliphatic carbocycles. The first-order chi connectivity index (χ1) is 14.7. The van der Waals surface area contributed by atoms with Crippen molar-refractivity contribution in [1.29, 1.82) is 0 Å². The first-order valence-electron chi connectivity index (χ1n) is 12.0. The zero-order chi connectivity index (χ0) is 22.2. The molecule has 0 aliphatic heterocycles. The Hall–Kier alpha value is -0.280. The van der Waals surface area contributed by atoms with Crippen LogP contribution in [0.15, 0.2) is 0 Å². The summed E-state index contributed by atoms with van der Waals surface area (Å²) < 4.78 is 17.7. The Kier molecular flexibility index (Phi) is 4.14. The van der Waals surface area contributed by atoms with Crippen LogP contribution in [0.3, 0.4) is 0 Å². The second kappa shape index (κ2) is 6.04. The highest BCUT2D eigenvalue weighted by atomic mass is 16.5. The highest BCUT2D eigenvalue weighted by Crippen LogP contribution is 2.90. The van der Waals surface area contributed by atoms with Crippen molar-refractivity contribution in [3.05, 3.63) is 0 Å². The fraction of sp³-hybridized carbons (Fsp3) is 1.00. The van der Waals surface area contributed by atoms with Gasteiger partial charge in [-0.3, -0.25) is 0 Å². The van der Waals surface area contributed by atoms with Gasteiger partial charge >= 0.3 is 0 Å². The van der Waals surface area contributed by atoms with Gasteiger partial charge in [0.25, 0.3) is 0 Å². The van der Waals surface area contributed by atoms with Crippen LogP contribution in [-0.4, -0.2) is 84.0 Å². The Morgan fingerprint density at radius 1 is 0.968 bits per heavy atom. The molecule has 6 rings (SSSR count). The summed E-state index contributed by atoms with van der Waals surface area (Å²) in [6, 6.07) is 0. The van der Waals surface area contributed by atoms with E-state index in [-0.39, 0.29) is 35.4 Å². The van der Waals surface area contributed by atoms with Gasteiger partial charge in [-0.25, -0.2) is 0 Å². The number of ether oxygens (including phenoxy) is 3. The van der Waals surface area contributed by atoms with E-state index in [9.17, 15) is 20.4 Å². The third-order valence-electron chi connectivity index (χ3n) is 11.6. The van der Waals surface area contributed by atoms with Crippen LogP contribution in [0.4, 0.5) is 0 Å². The Labute approximate surface area is 184 Å². The largest absolute Gasteiger partial charge is 0.392 e. The zero-order valence-electron chi connectivity index (χ0n) is 19.1. The van der Waals surface area contributed by atoms with E-state index in [0.717, 1.165) is 19.3 Å². The number of methoxy groups -OCH3 is 3. The van der Waals surface area contributed by atoms with E-state index >= 15 is 0 Å². The first kappa shape index (κ1) is 21.3. The lowest BCUT2D eigenvalue weighted by Crippen LogP contribution is -2.75. The van der Waals surface area contributed by atoms with Crippen LogP contribution < -0.4 is 0 Å². The quantitative estimate of drug-likeness (QED) is 0.501. The van der Waals surface area contributed by atoms with Crippen LogP contribution in [0.5, 0.6) is 0 Å². The van der Waals surface area contributed by atoms with Gasteiger partial charge in [-0.05, 0) is 37.5 Å². The molecular formula is C24H38O7. The van der Waals surface area contributed by atoms with E-state index in [4.69, 9.17) is 14.2 Å². The van der Waals surface area contributed by atoms with Crippen molar-refractivity contribution in [3.63, 3.8) is 0 Å². The monoisotopic (exact) mass is 438 g/mol. The zero-order valence-corrected chi connectivity index (χ0v) is 19.1. The van der Waals surface area contributed by atoms with Gasteiger partial charge in [-0.1, -0.05) is 6.92 Å². The van der Waals surface area contributed by atoms with Crippen molar-refractivity contribution < 1.29 is 34.6 Å². The Morgan fingerprint density at radius 2 is 1.71 bits per heavy atom. The molecule has 0 saturated heterocycles. The van der Waals surface area contributed by atoms with Gasteiger partial charge in [-0.2, -0.15) is 0 Å². The van der Waals surface area contributed by atoms with Crippen molar-refractivity contribution in [2.75, 3.05) is 27.9 Å². The van der Waals surface area contributed by atoms with Crippen molar-refractivity contribution >= 4 is 0 Å². The van der Waals surface area contributed by atoms with Crippen LogP contribution in [-0.2, 0) is 14.2 Å². The van der Waals surface area contributed by atoms with E-state index in [2.05, 4.69) is 6.92 Å².